The second-order valence-corrected chi connectivity index (χ2v) is 4.52. The Morgan fingerprint density at radius 3 is 1.50 bits per heavy atom. The molecule has 0 aliphatic heterocycles. The molecule has 0 spiro atoms. The van der Waals surface area contributed by atoms with Gasteiger partial charge in [0.15, 0.2) is 0 Å². The van der Waals surface area contributed by atoms with Crippen molar-refractivity contribution >= 4 is 0 Å². The average Bonchev–Trinajstić information content (AvgIpc) is 2.88. The maximum Gasteiger partial charge on any atom is 0.0267 e. The molecule has 1 aliphatic rings. The smallest absolute Gasteiger partial charge is 0.0267 e. The summed E-state index contributed by atoms with van der Waals surface area (Å²) in [5, 5.41) is 0. The molecule has 0 saturated carbocycles. The van der Waals surface area contributed by atoms with E-state index in [1.165, 1.54) is 22.3 Å². The van der Waals surface area contributed by atoms with Crippen LogP contribution in [-0.4, -0.2) is 4.98 Å². The van der Waals surface area contributed by atoms with E-state index >= 15 is 0 Å². The van der Waals surface area contributed by atoms with Crippen molar-refractivity contribution in [2.75, 3.05) is 0 Å². The first-order valence-corrected chi connectivity index (χ1v) is 6.46. The van der Waals surface area contributed by atoms with Crippen molar-refractivity contribution in [2.45, 2.75) is 6.42 Å². The van der Waals surface area contributed by atoms with Crippen LogP contribution in [0.25, 0.3) is 11.1 Å². The van der Waals surface area contributed by atoms with Crippen molar-refractivity contribution in [1.82, 2.24) is 4.98 Å². The zero-order chi connectivity index (χ0) is 12.9. The van der Waals surface area contributed by atoms with Crippen molar-refractivity contribution in [3.8, 4) is 11.1 Å². The SMILES string of the molecule is [Cu].c1ccc2c(c1)Cc1ccccc1-2.c1ccncc1. The average molecular weight is 309 g/mol. The number of fused-ring (bicyclic) bond motifs is 3. The summed E-state index contributed by atoms with van der Waals surface area (Å²) < 4.78 is 0. The molecule has 103 valence electrons. The molecular formula is C18H15CuN. The first kappa shape index (κ1) is 14.5. The Bertz CT molecular complexity index is 595. The molecule has 0 saturated heterocycles. The molecule has 2 aromatic carbocycles. The van der Waals surface area contributed by atoms with Crippen LogP contribution in [0.5, 0.6) is 0 Å². The standard InChI is InChI=1S/C13H10.C5H5N.Cu/c1-3-7-12-10(5-1)9-11-6-2-4-8-13(11)12;1-2-4-6-5-3-1;/h1-8H,9H2;1-5H;. The molecule has 3 aromatic rings. The predicted octanol–water partition coefficient (Wildman–Crippen LogP) is 4.34. The Labute approximate surface area is 130 Å². The number of pyridine rings is 1. The van der Waals surface area contributed by atoms with Gasteiger partial charge in [0.05, 0.1) is 0 Å². The van der Waals surface area contributed by atoms with Crippen molar-refractivity contribution in [3.63, 3.8) is 0 Å². The fourth-order valence-corrected chi connectivity index (χ4v) is 2.39. The molecule has 0 unspecified atom stereocenters. The molecule has 1 radical (unpaired) electrons. The minimum atomic E-state index is 0. The summed E-state index contributed by atoms with van der Waals surface area (Å²) in [5.41, 5.74) is 5.75. The molecule has 0 bridgehead atoms. The summed E-state index contributed by atoms with van der Waals surface area (Å²) in [4.78, 5) is 3.78. The van der Waals surface area contributed by atoms with Gasteiger partial charge in [0.25, 0.3) is 0 Å². The van der Waals surface area contributed by atoms with Crippen LogP contribution in [0.3, 0.4) is 0 Å². The van der Waals surface area contributed by atoms with Crippen LogP contribution in [0.15, 0.2) is 79.1 Å². The summed E-state index contributed by atoms with van der Waals surface area (Å²) in [6.07, 6.45) is 4.60. The van der Waals surface area contributed by atoms with Gasteiger partial charge in [-0.3, -0.25) is 4.98 Å². The zero-order valence-corrected chi connectivity index (χ0v) is 11.9. The summed E-state index contributed by atoms with van der Waals surface area (Å²) in [6.45, 7) is 0. The van der Waals surface area contributed by atoms with Gasteiger partial charge < -0.3 is 0 Å². The predicted molar refractivity (Wildman–Crippen MR) is 78.9 cm³/mol. The Hall–Kier alpha value is -1.89. The maximum absolute atomic E-state index is 3.78. The monoisotopic (exact) mass is 308 g/mol. The van der Waals surface area contributed by atoms with Crippen LogP contribution in [0, 0.1) is 0 Å². The van der Waals surface area contributed by atoms with Crippen molar-refractivity contribution in [1.29, 1.82) is 0 Å². The Balaban J connectivity index is 0.000000180. The van der Waals surface area contributed by atoms with E-state index in [1.54, 1.807) is 12.4 Å². The van der Waals surface area contributed by atoms with Crippen molar-refractivity contribution in [3.05, 3.63) is 90.3 Å². The molecule has 1 nitrogen and oxygen atoms in total. The number of rotatable bonds is 0. The second kappa shape index (κ2) is 7.04. The van der Waals surface area contributed by atoms with E-state index in [0.717, 1.165) is 6.42 Å². The third-order valence-corrected chi connectivity index (χ3v) is 3.27. The van der Waals surface area contributed by atoms with Gasteiger partial charge in [-0.15, -0.1) is 0 Å². The van der Waals surface area contributed by atoms with Crippen LogP contribution in [0.1, 0.15) is 11.1 Å². The molecule has 0 amide bonds. The molecule has 2 heteroatoms. The Morgan fingerprint density at radius 1 is 0.600 bits per heavy atom. The molecule has 0 atom stereocenters. The summed E-state index contributed by atoms with van der Waals surface area (Å²) in [7, 11) is 0. The van der Waals surface area contributed by atoms with Gasteiger partial charge in [-0.1, -0.05) is 54.6 Å². The number of hydrogen-bond acceptors (Lipinski definition) is 1. The number of benzene rings is 2. The van der Waals surface area contributed by atoms with E-state index in [1.807, 2.05) is 18.2 Å². The zero-order valence-electron chi connectivity index (χ0n) is 11.0. The minimum absolute atomic E-state index is 0. The third-order valence-electron chi connectivity index (χ3n) is 3.27. The topological polar surface area (TPSA) is 12.9 Å². The molecule has 1 aromatic heterocycles. The van der Waals surface area contributed by atoms with Gasteiger partial charge in [0.1, 0.15) is 0 Å². The number of nitrogens with zero attached hydrogens (tertiary/aromatic N) is 1. The van der Waals surface area contributed by atoms with Gasteiger partial charge >= 0.3 is 0 Å². The fourth-order valence-electron chi connectivity index (χ4n) is 2.39. The quantitative estimate of drug-likeness (QED) is 0.440. The van der Waals surface area contributed by atoms with Crippen LogP contribution >= 0.6 is 0 Å². The number of aromatic nitrogens is 1. The Kier molecular flexibility index (Phi) is 5.11. The van der Waals surface area contributed by atoms with Gasteiger partial charge in [0, 0.05) is 29.5 Å². The molecule has 4 rings (SSSR count). The summed E-state index contributed by atoms with van der Waals surface area (Å²) in [5.74, 6) is 0. The van der Waals surface area contributed by atoms with Crippen LogP contribution in [0.2, 0.25) is 0 Å². The van der Waals surface area contributed by atoms with Crippen molar-refractivity contribution in [2.24, 2.45) is 0 Å². The van der Waals surface area contributed by atoms with Crippen LogP contribution in [0.4, 0.5) is 0 Å². The third kappa shape index (κ3) is 3.16. The van der Waals surface area contributed by atoms with E-state index in [2.05, 4.69) is 53.5 Å². The molecule has 1 heterocycles. The second-order valence-electron chi connectivity index (χ2n) is 4.52. The fraction of sp³-hybridized carbons (Fsp3) is 0.0556. The number of hydrogen-bond donors (Lipinski definition) is 0. The van der Waals surface area contributed by atoms with Crippen LogP contribution in [-0.2, 0) is 23.5 Å². The van der Waals surface area contributed by atoms with E-state index in [4.69, 9.17) is 0 Å². The van der Waals surface area contributed by atoms with Gasteiger partial charge in [-0.05, 0) is 40.8 Å². The van der Waals surface area contributed by atoms with Gasteiger partial charge in [-0.25, -0.2) is 0 Å². The normalized spacial score (nSPS) is 10.4. The van der Waals surface area contributed by atoms with E-state index in [9.17, 15) is 0 Å². The van der Waals surface area contributed by atoms with Crippen LogP contribution < -0.4 is 0 Å². The Morgan fingerprint density at radius 2 is 1.10 bits per heavy atom. The molecule has 0 N–H and O–H groups in total. The van der Waals surface area contributed by atoms with E-state index in [0.29, 0.717) is 0 Å². The van der Waals surface area contributed by atoms with E-state index in [-0.39, 0.29) is 17.1 Å². The molecule has 0 fully saturated rings. The van der Waals surface area contributed by atoms with Gasteiger partial charge in [0.2, 0.25) is 0 Å². The molecule has 1 aliphatic carbocycles. The molecular weight excluding hydrogens is 294 g/mol. The van der Waals surface area contributed by atoms with Gasteiger partial charge in [-0.2, -0.15) is 0 Å². The van der Waals surface area contributed by atoms with Crippen molar-refractivity contribution < 1.29 is 17.1 Å². The first-order chi connectivity index (χ1) is 9.45. The minimum Gasteiger partial charge on any atom is -0.265 e. The van der Waals surface area contributed by atoms with E-state index < -0.39 is 0 Å². The summed E-state index contributed by atoms with van der Waals surface area (Å²) >= 11 is 0. The maximum atomic E-state index is 3.78. The summed E-state index contributed by atoms with van der Waals surface area (Å²) in [6, 6.07) is 23.0. The molecule has 20 heavy (non-hydrogen) atoms. The largest absolute Gasteiger partial charge is 0.265 e. The first-order valence-electron chi connectivity index (χ1n) is 6.46.